The Balaban J connectivity index is 1.36. The van der Waals surface area contributed by atoms with Gasteiger partial charge in [-0.25, -0.2) is 8.42 Å². The molecular weight excluding hydrogens is 420 g/mol. The van der Waals surface area contributed by atoms with Crippen LogP contribution in [0.3, 0.4) is 0 Å². The van der Waals surface area contributed by atoms with Crippen molar-refractivity contribution in [1.29, 1.82) is 0 Å². The number of hydrogen-bond acceptors (Lipinski definition) is 7. The van der Waals surface area contributed by atoms with Crippen LogP contribution in [0, 0.1) is 0 Å². The molecule has 0 spiro atoms. The first kappa shape index (κ1) is 20.8. The van der Waals surface area contributed by atoms with Gasteiger partial charge in [0.15, 0.2) is 9.84 Å². The molecule has 3 rings (SSSR count). The summed E-state index contributed by atoms with van der Waals surface area (Å²) < 4.78 is 28.4. The number of rotatable bonds is 8. The third-order valence-corrected chi connectivity index (χ3v) is 7.03. The number of hydrogen-bond donors (Lipinski definition) is 1. The first-order valence-electron chi connectivity index (χ1n) is 8.83. The topological polar surface area (TPSA) is 96.7 Å². The van der Waals surface area contributed by atoms with E-state index in [1.54, 1.807) is 29.4 Å². The van der Waals surface area contributed by atoms with E-state index >= 15 is 0 Å². The molecule has 1 aromatic rings. The van der Waals surface area contributed by atoms with Crippen LogP contribution < -0.4 is 5.32 Å². The summed E-state index contributed by atoms with van der Waals surface area (Å²) in [5, 5.41) is 3.84. The first-order chi connectivity index (χ1) is 13.3. The van der Waals surface area contributed by atoms with Gasteiger partial charge in [-0.15, -0.1) is 0 Å². The van der Waals surface area contributed by atoms with Crippen LogP contribution in [0.4, 0.5) is 0 Å². The highest BCUT2D eigenvalue weighted by molar-refractivity contribution is 8.26. The smallest absolute Gasteiger partial charge is 0.266 e. The molecule has 1 saturated heterocycles. The SMILES string of the molecule is O=C(CCCCCN1C(=O)C(=Cc2ccco2)SC1=S)NC1C=CS(=O)(=O)C1. The molecule has 0 radical (unpaired) electrons. The number of nitrogens with zero attached hydrogens (tertiary/aromatic N) is 1. The van der Waals surface area contributed by atoms with Gasteiger partial charge in [0.25, 0.3) is 5.91 Å². The summed E-state index contributed by atoms with van der Waals surface area (Å²) in [4.78, 5) is 26.4. The third kappa shape index (κ3) is 5.55. The van der Waals surface area contributed by atoms with E-state index in [-0.39, 0.29) is 17.6 Å². The fraction of sp³-hybridized carbons (Fsp3) is 0.389. The summed E-state index contributed by atoms with van der Waals surface area (Å²) in [5.41, 5.74) is 0. The van der Waals surface area contributed by atoms with Crippen molar-refractivity contribution >= 4 is 56.0 Å². The van der Waals surface area contributed by atoms with Crippen molar-refractivity contribution in [1.82, 2.24) is 10.2 Å². The number of thiocarbonyl (C=S) groups is 1. The van der Waals surface area contributed by atoms with Crippen molar-refractivity contribution in [2.45, 2.75) is 31.7 Å². The fourth-order valence-corrected chi connectivity index (χ4v) is 5.40. The predicted octanol–water partition coefficient (Wildman–Crippen LogP) is 2.47. The van der Waals surface area contributed by atoms with E-state index in [4.69, 9.17) is 16.6 Å². The van der Waals surface area contributed by atoms with Crippen molar-refractivity contribution in [3.05, 3.63) is 40.5 Å². The molecule has 1 unspecified atom stereocenters. The van der Waals surface area contributed by atoms with Crippen molar-refractivity contribution in [2.24, 2.45) is 0 Å². The number of sulfone groups is 1. The van der Waals surface area contributed by atoms with E-state index in [0.717, 1.165) is 18.2 Å². The second-order valence-electron chi connectivity index (χ2n) is 6.49. The molecule has 0 aliphatic carbocycles. The Hall–Kier alpha value is -1.91. The van der Waals surface area contributed by atoms with Crippen molar-refractivity contribution < 1.29 is 22.4 Å². The minimum Gasteiger partial charge on any atom is -0.465 e. The van der Waals surface area contributed by atoms with Crippen LogP contribution in [0.2, 0.25) is 0 Å². The maximum atomic E-state index is 12.4. The highest BCUT2D eigenvalue weighted by Crippen LogP contribution is 2.32. The van der Waals surface area contributed by atoms with Crippen LogP contribution in [-0.2, 0) is 19.4 Å². The Morgan fingerprint density at radius 2 is 2.21 bits per heavy atom. The number of nitrogens with one attached hydrogen (secondary N) is 1. The van der Waals surface area contributed by atoms with Gasteiger partial charge in [-0.2, -0.15) is 0 Å². The number of thioether (sulfide) groups is 1. The van der Waals surface area contributed by atoms with Crippen molar-refractivity contribution in [3.63, 3.8) is 0 Å². The second kappa shape index (κ2) is 9.06. The van der Waals surface area contributed by atoms with Crippen LogP contribution in [0.15, 0.2) is 39.2 Å². The van der Waals surface area contributed by atoms with E-state index in [1.807, 2.05) is 0 Å². The average molecular weight is 441 g/mol. The summed E-state index contributed by atoms with van der Waals surface area (Å²) in [6, 6.07) is 3.09. The van der Waals surface area contributed by atoms with Gasteiger partial charge in [0, 0.05) is 24.4 Å². The quantitative estimate of drug-likeness (QED) is 0.377. The van der Waals surface area contributed by atoms with Crippen LogP contribution >= 0.6 is 24.0 Å². The van der Waals surface area contributed by atoms with Crippen molar-refractivity contribution in [3.8, 4) is 0 Å². The number of carbonyl (C=O) groups excluding carboxylic acids is 2. The molecule has 1 aromatic heterocycles. The van der Waals surface area contributed by atoms with Gasteiger partial charge in [0.05, 0.1) is 23.0 Å². The predicted molar refractivity (Wildman–Crippen MR) is 112 cm³/mol. The summed E-state index contributed by atoms with van der Waals surface area (Å²) in [5.74, 6) is 0.243. The lowest BCUT2D eigenvalue weighted by Gasteiger charge is -2.14. The molecule has 0 bridgehead atoms. The van der Waals surface area contributed by atoms with Gasteiger partial charge in [-0.1, -0.05) is 30.4 Å². The molecule has 2 amide bonds. The first-order valence-corrected chi connectivity index (χ1v) is 11.8. The Kier molecular flexibility index (Phi) is 6.73. The molecule has 1 N–H and O–H groups in total. The molecule has 2 aliphatic rings. The standard InChI is InChI=1S/C18H20N2O5S3/c21-16(19-13-7-10-28(23,24)12-13)6-2-1-3-8-20-17(22)15(27-18(20)26)11-14-5-4-9-25-14/h4-5,7,9-11,13H,1-3,6,8,12H2,(H,19,21). The average Bonchev–Trinajstić information content (AvgIpc) is 3.31. The van der Waals surface area contributed by atoms with E-state index in [1.165, 1.54) is 17.8 Å². The van der Waals surface area contributed by atoms with Gasteiger partial charge in [-0.05, 0) is 31.1 Å². The normalized spacial score (nSPS) is 22.4. The Morgan fingerprint density at radius 3 is 2.89 bits per heavy atom. The highest BCUT2D eigenvalue weighted by atomic mass is 32.2. The minimum atomic E-state index is -3.17. The highest BCUT2D eigenvalue weighted by Gasteiger charge is 2.31. The van der Waals surface area contributed by atoms with Crippen LogP contribution in [-0.4, -0.2) is 47.8 Å². The molecule has 0 aromatic carbocycles. The molecule has 7 nitrogen and oxygen atoms in total. The molecular formula is C18H20N2O5S3. The number of furan rings is 1. The largest absolute Gasteiger partial charge is 0.465 e. The molecule has 3 heterocycles. The van der Waals surface area contributed by atoms with E-state index < -0.39 is 15.9 Å². The van der Waals surface area contributed by atoms with Gasteiger partial charge in [0.2, 0.25) is 5.91 Å². The lowest BCUT2D eigenvalue weighted by atomic mass is 10.1. The van der Waals surface area contributed by atoms with Crippen LogP contribution in [0.25, 0.3) is 6.08 Å². The van der Waals surface area contributed by atoms with Gasteiger partial charge in [-0.3, -0.25) is 14.5 Å². The lowest BCUT2D eigenvalue weighted by Crippen LogP contribution is -2.35. The van der Waals surface area contributed by atoms with Gasteiger partial charge in [0.1, 0.15) is 10.1 Å². The molecule has 10 heteroatoms. The Labute approximate surface area is 173 Å². The summed E-state index contributed by atoms with van der Waals surface area (Å²) in [7, 11) is -3.17. The lowest BCUT2D eigenvalue weighted by molar-refractivity contribution is -0.123. The van der Waals surface area contributed by atoms with Gasteiger partial charge >= 0.3 is 0 Å². The van der Waals surface area contributed by atoms with Crippen LogP contribution in [0.1, 0.15) is 31.4 Å². The van der Waals surface area contributed by atoms with E-state index in [2.05, 4.69) is 5.32 Å². The van der Waals surface area contributed by atoms with E-state index in [0.29, 0.717) is 34.4 Å². The van der Waals surface area contributed by atoms with E-state index in [9.17, 15) is 18.0 Å². The number of carbonyl (C=O) groups is 2. The zero-order valence-electron chi connectivity index (χ0n) is 15.0. The Bertz CT molecular complexity index is 919. The zero-order chi connectivity index (χ0) is 20.1. The maximum absolute atomic E-state index is 12.4. The monoisotopic (exact) mass is 440 g/mol. The Morgan fingerprint density at radius 1 is 1.39 bits per heavy atom. The van der Waals surface area contributed by atoms with Crippen LogP contribution in [0.5, 0.6) is 0 Å². The number of unbranched alkanes of at least 4 members (excludes halogenated alkanes) is 2. The maximum Gasteiger partial charge on any atom is 0.266 e. The molecule has 150 valence electrons. The number of amides is 2. The summed E-state index contributed by atoms with van der Waals surface area (Å²) in [6.07, 6.45) is 7.20. The van der Waals surface area contributed by atoms with Crippen molar-refractivity contribution in [2.75, 3.05) is 12.3 Å². The molecule has 1 fully saturated rings. The summed E-state index contributed by atoms with van der Waals surface area (Å²) in [6.45, 7) is 0.505. The summed E-state index contributed by atoms with van der Waals surface area (Å²) >= 11 is 6.54. The van der Waals surface area contributed by atoms with Gasteiger partial charge < -0.3 is 9.73 Å². The zero-order valence-corrected chi connectivity index (χ0v) is 17.4. The minimum absolute atomic E-state index is 0.0707. The molecule has 0 saturated carbocycles. The molecule has 1 atom stereocenters. The second-order valence-corrected chi connectivity index (χ2v) is 10.1. The molecule has 2 aliphatic heterocycles. The fourth-order valence-electron chi connectivity index (χ4n) is 2.87. The third-order valence-electron chi connectivity index (χ3n) is 4.25. The molecule has 28 heavy (non-hydrogen) atoms.